The van der Waals surface area contributed by atoms with Gasteiger partial charge in [-0.1, -0.05) is 12.2 Å². The summed E-state index contributed by atoms with van der Waals surface area (Å²) in [6, 6.07) is 11.8. The van der Waals surface area contributed by atoms with Gasteiger partial charge in [0.25, 0.3) is 0 Å². The maximum Gasteiger partial charge on any atom is 0.356 e. The van der Waals surface area contributed by atoms with Crippen LogP contribution in [-0.2, 0) is 43.9 Å². The molecule has 20 heteroatoms. The van der Waals surface area contributed by atoms with Crippen LogP contribution in [-0.4, -0.2) is 97.3 Å². The van der Waals surface area contributed by atoms with Gasteiger partial charge in [-0.05, 0) is 84.0 Å². The normalized spacial score (nSPS) is 11.7. The summed E-state index contributed by atoms with van der Waals surface area (Å²) < 4.78 is 26.7. The monoisotopic (exact) mass is 923 g/mol. The highest BCUT2D eigenvalue weighted by atomic mass is 16.5. The molecular formula is C48H53N13O7. The molecule has 0 saturated heterocycles. The summed E-state index contributed by atoms with van der Waals surface area (Å²) in [5.41, 5.74) is 18.0. The lowest BCUT2D eigenvalue weighted by atomic mass is 10.1. The highest BCUT2D eigenvalue weighted by Crippen LogP contribution is 2.36. The van der Waals surface area contributed by atoms with Crippen molar-refractivity contribution >= 4 is 56.5 Å². The molecule has 0 unspecified atom stereocenters. The quantitative estimate of drug-likeness (QED) is 0.0404. The van der Waals surface area contributed by atoms with Crippen molar-refractivity contribution in [2.75, 3.05) is 20.3 Å². The fourth-order valence-electron chi connectivity index (χ4n) is 8.43. The number of carbonyl (C=O) groups is 4. The summed E-state index contributed by atoms with van der Waals surface area (Å²) in [5.74, 6) is -0.374. The lowest BCUT2D eigenvalue weighted by Gasteiger charge is -2.13. The lowest BCUT2D eigenvalue weighted by molar-refractivity contribution is 0.0471. The Labute approximate surface area is 390 Å². The molecule has 0 fully saturated rings. The Hall–Kier alpha value is -8.16. The highest BCUT2D eigenvalue weighted by molar-refractivity contribution is 6.12. The van der Waals surface area contributed by atoms with Crippen LogP contribution < -0.4 is 20.9 Å². The van der Waals surface area contributed by atoms with Crippen LogP contribution in [0.2, 0.25) is 0 Å². The molecule has 4 N–H and O–H groups in total. The summed E-state index contributed by atoms with van der Waals surface area (Å²) in [4.78, 5) is 66.7. The third-order valence-corrected chi connectivity index (χ3v) is 11.5. The SMILES string of the molecule is CCn1nc(C)cc1C(=O)Cc1nc2cc(C(N)=O)cc(OCCCOC(=O)c3cc(C)nn3CC)c2n1C/C=C/Cn1c2nc(-c3cc(C)nn3CC)ncc2c2cc(C(N)=O)cc(OC)c21. The van der Waals surface area contributed by atoms with Gasteiger partial charge >= 0.3 is 5.97 Å². The number of Topliss-reactive ketones (excluding diaryl/α,β-unsaturated/α-hetero) is 1. The van der Waals surface area contributed by atoms with Crippen molar-refractivity contribution in [1.29, 1.82) is 0 Å². The molecule has 0 spiro atoms. The van der Waals surface area contributed by atoms with Gasteiger partial charge in [0.05, 0.1) is 54.9 Å². The summed E-state index contributed by atoms with van der Waals surface area (Å²) >= 11 is 0. The number of rotatable bonds is 20. The topological polar surface area (TPSA) is 250 Å². The van der Waals surface area contributed by atoms with Gasteiger partial charge in [-0.25, -0.2) is 19.7 Å². The third kappa shape index (κ3) is 9.03. The highest BCUT2D eigenvalue weighted by Gasteiger charge is 2.24. The Kier molecular flexibility index (Phi) is 13.2. The first-order chi connectivity index (χ1) is 32.7. The first-order valence-corrected chi connectivity index (χ1v) is 22.3. The third-order valence-electron chi connectivity index (χ3n) is 11.5. The van der Waals surface area contributed by atoms with Gasteiger partial charge in [0.2, 0.25) is 11.8 Å². The number of ketones is 1. The van der Waals surface area contributed by atoms with E-state index in [4.69, 9.17) is 40.6 Å². The Bertz CT molecular complexity index is 3290. The van der Waals surface area contributed by atoms with E-state index in [1.54, 1.807) is 52.0 Å². The lowest BCUT2D eigenvalue weighted by Crippen LogP contribution is -2.15. The molecule has 8 aromatic rings. The van der Waals surface area contributed by atoms with Gasteiger partial charge in [0.1, 0.15) is 45.6 Å². The van der Waals surface area contributed by atoms with Gasteiger partial charge in [0, 0.05) is 67.2 Å². The average Bonchev–Trinajstić information content (AvgIpc) is 4.15. The van der Waals surface area contributed by atoms with E-state index in [1.165, 1.54) is 7.11 Å². The van der Waals surface area contributed by atoms with Gasteiger partial charge in [-0.15, -0.1) is 0 Å². The number of hydrogen-bond acceptors (Lipinski definition) is 13. The van der Waals surface area contributed by atoms with Crippen molar-refractivity contribution in [2.45, 2.75) is 87.1 Å². The summed E-state index contributed by atoms with van der Waals surface area (Å²) in [7, 11) is 1.53. The average molecular weight is 924 g/mol. The number of hydrogen-bond donors (Lipinski definition) is 2. The van der Waals surface area contributed by atoms with Crippen molar-refractivity contribution < 1.29 is 33.4 Å². The summed E-state index contributed by atoms with van der Waals surface area (Å²) in [6.45, 7) is 13.7. The molecule has 0 saturated carbocycles. The minimum atomic E-state index is -0.686. The minimum absolute atomic E-state index is 0.0589. The smallest absolute Gasteiger partial charge is 0.356 e. The fourth-order valence-corrected chi connectivity index (χ4v) is 8.43. The van der Waals surface area contributed by atoms with Gasteiger partial charge in [-0.2, -0.15) is 15.3 Å². The first-order valence-electron chi connectivity index (χ1n) is 22.3. The molecule has 0 aliphatic rings. The number of nitrogens with zero attached hydrogens (tertiary/aromatic N) is 11. The molecule has 2 aromatic carbocycles. The van der Waals surface area contributed by atoms with Crippen molar-refractivity contribution in [3.63, 3.8) is 0 Å². The molecule has 0 aliphatic heterocycles. The van der Waals surface area contributed by atoms with Gasteiger partial charge in [-0.3, -0.25) is 28.4 Å². The van der Waals surface area contributed by atoms with Crippen LogP contribution in [0.15, 0.2) is 60.8 Å². The van der Waals surface area contributed by atoms with Crippen LogP contribution >= 0.6 is 0 Å². The molecule has 68 heavy (non-hydrogen) atoms. The number of amides is 2. The number of ether oxygens (including phenoxy) is 3. The Morgan fingerprint density at radius 2 is 1.29 bits per heavy atom. The van der Waals surface area contributed by atoms with E-state index in [0.29, 0.717) is 105 Å². The number of methoxy groups -OCH3 is 1. The number of nitrogens with two attached hydrogens (primary N) is 2. The van der Waals surface area contributed by atoms with Crippen LogP contribution in [0.1, 0.15) is 91.8 Å². The van der Waals surface area contributed by atoms with Gasteiger partial charge in [0.15, 0.2) is 11.6 Å². The second-order valence-electron chi connectivity index (χ2n) is 16.2. The number of allylic oxidation sites excluding steroid dienone is 2. The van der Waals surface area contributed by atoms with Crippen LogP contribution in [0.5, 0.6) is 11.5 Å². The zero-order chi connectivity index (χ0) is 48.4. The van der Waals surface area contributed by atoms with Gasteiger partial charge < -0.3 is 34.8 Å². The van der Waals surface area contributed by atoms with Crippen molar-refractivity contribution in [3.8, 4) is 23.0 Å². The maximum atomic E-state index is 14.0. The predicted molar refractivity (Wildman–Crippen MR) is 253 cm³/mol. The maximum absolute atomic E-state index is 14.0. The number of esters is 1. The fraction of sp³-hybridized carbons (Fsp3) is 0.333. The van der Waals surface area contributed by atoms with E-state index in [2.05, 4.69) is 15.3 Å². The van der Waals surface area contributed by atoms with E-state index in [1.807, 2.05) is 73.6 Å². The second-order valence-corrected chi connectivity index (χ2v) is 16.2. The minimum Gasteiger partial charge on any atom is -0.495 e. The molecule has 8 rings (SSSR count). The van der Waals surface area contributed by atoms with E-state index in [0.717, 1.165) is 11.4 Å². The van der Waals surface area contributed by atoms with Crippen LogP contribution in [0.4, 0.5) is 0 Å². The number of benzene rings is 2. The van der Waals surface area contributed by atoms with Crippen LogP contribution in [0.25, 0.3) is 44.5 Å². The molecule has 0 atom stereocenters. The van der Waals surface area contributed by atoms with Crippen LogP contribution in [0, 0.1) is 20.8 Å². The summed E-state index contributed by atoms with van der Waals surface area (Å²) in [5, 5.41) is 14.8. The van der Waals surface area contributed by atoms with E-state index in [9.17, 15) is 19.2 Å². The molecule has 20 nitrogen and oxygen atoms in total. The molecule has 2 amide bonds. The van der Waals surface area contributed by atoms with E-state index in [-0.39, 0.29) is 49.6 Å². The molecule has 352 valence electrons. The van der Waals surface area contributed by atoms with Crippen LogP contribution in [0.3, 0.4) is 0 Å². The van der Waals surface area contributed by atoms with E-state index >= 15 is 0 Å². The zero-order valence-electron chi connectivity index (χ0n) is 39.1. The summed E-state index contributed by atoms with van der Waals surface area (Å²) in [6.07, 6.45) is 5.84. The Morgan fingerprint density at radius 3 is 1.97 bits per heavy atom. The van der Waals surface area contributed by atoms with Crippen molar-refractivity contribution in [1.82, 2.24) is 53.4 Å². The van der Waals surface area contributed by atoms with E-state index < -0.39 is 17.8 Å². The van der Waals surface area contributed by atoms with Crippen molar-refractivity contribution in [2.24, 2.45) is 11.5 Å². The number of aryl methyl sites for hydroxylation is 6. The second kappa shape index (κ2) is 19.4. The van der Waals surface area contributed by atoms with Crippen molar-refractivity contribution in [3.05, 3.63) is 106 Å². The molecule has 0 aliphatic carbocycles. The first kappa shape index (κ1) is 46.4. The molecular weight excluding hydrogens is 871 g/mol. The molecule has 6 aromatic heterocycles. The number of primary amides is 2. The standard InChI is InChI=1S/C48H53N13O7/c1-8-59-35(18-27(4)54-59)38(62)25-41-52-34-22-31(45(50)64)24-40(67-16-13-17-68-48(65)37-20-29(6)56-61(37)10-3)43(34)57(41)14-11-12-15-58-42-32(21-30(44(49)63)23-39(42)66-7)33-26-51-46(53-47(33)58)36-19-28(5)55-60(36)9-2/h11-12,18-24,26H,8-10,13-17,25H2,1-7H3,(H2,49,63)(H2,50,64)/b12-11+. The largest absolute Gasteiger partial charge is 0.495 e. The Morgan fingerprint density at radius 1 is 0.676 bits per heavy atom. The zero-order valence-corrected chi connectivity index (χ0v) is 39.1. The molecule has 0 radical (unpaired) electrons. The number of imidazole rings is 1. The predicted octanol–water partition coefficient (Wildman–Crippen LogP) is 5.69. The molecule has 0 bridgehead atoms. The number of aromatic nitrogens is 11. The number of fused-ring (bicyclic) bond motifs is 4. The molecule has 6 heterocycles. The number of carbonyl (C=O) groups excluding carboxylic acids is 4. The Balaban J connectivity index is 1.16.